The number of amides is 1. The highest BCUT2D eigenvalue weighted by atomic mass is 32.2. The molecule has 3 aromatic rings. The summed E-state index contributed by atoms with van der Waals surface area (Å²) in [6, 6.07) is 16.8. The molecule has 0 fully saturated rings. The Bertz CT molecular complexity index is 1100. The molecule has 0 aliphatic carbocycles. The maximum atomic E-state index is 11.9. The van der Waals surface area contributed by atoms with Crippen molar-refractivity contribution >= 4 is 38.6 Å². The number of fused-ring (bicyclic) bond motifs is 1. The van der Waals surface area contributed by atoms with E-state index in [1.54, 1.807) is 6.07 Å². The van der Waals surface area contributed by atoms with Crippen LogP contribution in [0.3, 0.4) is 0 Å². The highest BCUT2D eigenvalue weighted by molar-refractivity contribution is 7.90. The number of hydrogen-bond acceptors (Lipinski definition) is 5. The zero-order valence-electron chi connectivity index (χ0n) is 13.9. The number of phenolic OH excluding ortho intramolecular Hbond substituents is 1. The number of benzene rings is 3. The Balaban J connectivity index is 1.91. The molecule has 2 N–H and O–H groups in total. The fraction of sp³-hybridized carbons (Fsp3) is 0.0526. The second-order valence-corrected chi connectivity index (χ2v) is 7.32. The van der Waals surface area contributed by atoms with Gasteiger partial charge in [-0.25, -0.2) is 13.1 Å². The van der Waals surface area contributed by atoms with E-state index in [1.807, 2.05) is 35.1 Å². The van der Waals surface area contributed by atoms with Gasteiger partial charge in [0.2, 0.25) is 5.91 Å². The van der Waals surface area contributed by atoms with E-state index >= 15 is 0 Å². The molecule has 0 aliphatic rings. The Hall–Kier alpha value is -3.19. The molecule has 6 nitrogen and oxygen atoms in total. The lowest BCUT2D eigenvalue weighted by atomic mass is 10.0. The van der Waals surface area contributed by atoms with E-state index in [0.29, 0.717) is 11.3 Å². The summed E-state index contributed by atoms with van der Waals surface area (Å²) >= 11 is 0. The second kappa shape index (κ2) is 6.97. The number of nitrogens with zero attached hydrogens (tertiary/aromatic N) is 1. The van der Waals surface area contributed by atoms with Crippen molar-refractivity contribution in [1.82, 2.24) is 4.72 Å². The first kappa shape index (κ1) is 17.6. The summed E-state index contributed by atoms with van der Waals surface area (Å²) in [6.07, 6.45) is 1.54. The van der Waals surface area contributed by atoms with Crippen molar-refractivity contribution in [3.05, 3.63) is 66.2 Å². The van der Waals surface area contributed by atoms with Crippen molar-refractivity contribution in [3.63, 3.8) is 0 Å². The Labute approximate surface area is 150 Å². The van der Waals surface area contributed by atoms with E-state index in [-0.39, 0.29) is 10.6 Å². The number of rotatable bonds is 4. The molecule has 0 saturated heterocycles. The lowest BCUT2D eigenvalue weighted by molar-refractivity contribution is -0.117. The van der Waals surface area contributed by atoms with Gasteiger partial charge in [0.25, 0.3) is 10.0 Å². The number of carbonyl (C=O) groups is 1. The third-order valence-corrected chi connectivity index (χ3v) is 5.16. The van der Waals surface area contributed by atoms with Crippen LogP contribution < -0.4 is 4.72 Å². The number of aliphatic imine (C=N–C) groups is 1. The summed E-state index contributed by atoms with van der Waals surface area (Å²) in [5.74, 6) is -0.546. The molecule has 132 valence electrons. The van der Waals surface area contributed by atoms with Crippen molar-refractivity contribution in [2.45, 2.75) is 11.8 Å². The first-order chi connectivity index (χ1) is 12.4. The summed E-state index contributed by atoms with van der Waals surface area (Å²) in [6.45, 7) is 1.13. The monoisotopic (exact) mass is 368 g/mol. The molecule has 3 aromatic carbocycles. The van der Waals surface area contributed by atoms with Gasteiger partial charge in [0.1, 0.15) is 5.75 Å². The molecular formula is C19H16N2O4S. The van der Waals surface area contributed by atoms with Crippen LogP contribution in [0.2, 0.25) is 0 Å². The van der Waals surface area contributed by atoms with Gasteiger partial charge in [0, 0.05) is 18.7 Å². The van der Waals surface area contributed by atoms with E-state index in [2.05, 4.69) is 4.99 Å². The van der Waals surface area contributed by atoms with Crippen molar-refractivity contribution < 1.29 is 18.3 Å². The third-order valence-electron chi connectivity index (χ3n) is 3.72. The molecule has 0 spiro atoms. The molecule has 0 aromatic heterocycles. The Morgan fingerprint density at radius 2 is 1.73 bits per heavy atom. The lowest BCUT2D eigenvalue weighted by Gasteiger charge is -2.05. The van der Waals surface area contributed by atoms with E-state index in [0.717, 1.165) is 17.7 Å². The third kappa shape index (κ3) is 3.73. The summed E-state index contributed by atoms with van der Waals surface area (Å²) in [7, 11) is -3.87. The molecule has 0 aliphatic heterocycles. The van der Waals surface area contributed by atoms with Crippen LogP contribution in [0.15, 0.2) is 70.6 Å². The minimum Gasteiger partial charge on any atom is -0.507 e. The van der Waals surface area contributed by atoms with Gasteiger partial charge in [0.05, 0.1) is 10.6 Å². The minimum atomic E-state index is -3.87. The zero-order valence-corrected chi connectivity index (χ0v) is 14.7. The van der Waals surface area contributed by atoms with Crippen molar-refractivity contribution in [3.8, 4) is 5.75 Å². The van der Waals surface area contributed by atoms with E-state index in [4.69, 9.17) is 0 Å². The predicted octanol–water partition coefficient (Wildman–Crippen LogP) is 3.12. The molecule has 0 saturated carbocycles. The molecular weight excluding hydrogens is 352 g/mol. The Morgan fingerprint density at radius 3 is 2.42 bits per heavy atom. The van der Waals surface area contributed by atoms with Gasteiger partial charge in [-0.05, 0) is 41.1 Å². The molecule has 0 unspecified atom stereocenters. The van der Waals surface area contributed by atoms with E-state index < -0.39 is 15.9 Å². The lowest BCUT2D eigenvalue weighted by Crippen LogP contribution is -2.28. The maximum Gasteiger partial charge on any atom is 0.264 e. The number of sulfonamides is 1. The number of nitrogens with one attached hydrogen (secondary N) is 1. The average molecular weight is 368 g/mol. The molecule has 7 heteroatoms. The average Bonchev–Trinajstić information content (AvgIpc) is 2.60. The zero-order chi connectivity index (χ0) is 18.7. The summed E-state index contributed by atoms with van der Waals surface area (Å²) in [5.41, 5.74) is 1.09. The maximum absolute atomic E-state index is 11.9. The van der Waals surface area contributed by atoms with Gasteiger partial charge in [-0.1, -0.05) is 30.3 Å². The second-order valence-electron chi connectivity index (χ2n) is 5.63. The molecule has 3 rings (SSSR count). The van der Waals surface area contributed by atoms with Crippen LogP contribution in [-0.4, -0.2) is 25.6 Å². The summed E-state index contributed by atoms with van der Waals surface area (Å²) in [5, 5.41) is 11.9. The normalized spacial score (nSPS) is 11.7. The smallest absolute Gasteiger partial charge is 0.264 e. The number of hydrogen-bond donors (Lipinski definition) is 2. The van der Waals surface area contributed by atoms with Gasteiger partial charge in [-0.2, -0.15) is 0 Å². The van der Waals surface area contributed by atoms with Crippen LogP contribution in [0.4, 0.5) is 5.69 Å². The van der Waals surface area contributed by atoms with Gasteiger partial charge >= 0.3 is 0 Å². The fourth-order valence-electron chi connectivity index (χ4n) is 2.52. The highest BCUT2D eigenvalue weighted by Crippen LogP contribution is 2.26. The van der Waals surface area contributed by atoms with Crippen LogP contribution >= 0.6 is 0 Å². The molecule has 26 heavy (non-hydrogen) atoms. The van der Waals surface area contributed by atoms with Crippen LogP contribution in [0.1, 0.15) is 12.5 Å². The first-order valence-corrected chi connectivity index (χ1v) is 9.23. The SMILES string of the molecule is CC(=O)NS(=O)(=O)c1ccc(N=Cc2c(O)ccc3ccccc23)cc1. The van der Waals surface area contributed by atoms with Gasteiger partial charge < -0.3 is 5.11 Å². The standard InChI is InChI=1S/C19H16N2O4S/c1-13(22)21-26(24,25)16-9-7-15(8-10-16)20-12-18-17-5-3-2-4-14(17)6-11-19(18)23/h2-12,23H,1H3,(H,21,22). The molecule has 0 atom stereocenters. The van der Waals surface area contributed by atoms with E-state index in [1.165, 1.54) is 30.5 Å². The predicted molar refractivity (Wildman–Crippen MR) is 100 cm³/mol. The molecule has 0 heterocycles. The Morgan fingerprint density at radius 1 is 1.04 bits per heavy atom. The minimum absolute atomic E-state index is 0.0281. The molecule has 0 radical (unpaired) electrons. The number of phenols is 1. The molecule has 0 bridgehead atoms. The first-order valence-electron chi connectivity index (χ1n) is 7.75. The summed E-state index contributed by atoms with van der Waals surface area (Å²) in [4.78, 5) is 15.2. The quantitative estimate of drug-likeness (QED) is 0.692. The van der Waals surface area contributed by atoms with Crippen LogP contribution in [0.5, 0.6) is 5.75 Å². The van der Waals surface area contributed by atoms with Gasteiger partial charge in [-0.15, -0.1) is 0 Å². The Kier molecular flexibility index (Phi) is 4.73. The topological polar surface area (TPSA) is 95.8 Å². The van der Waals surface area contributed by atoms with Crippen LogP contribution in [-0.2, 0) is 14.8 Å². The van der Waals surface area contributed by atoms with Gasteiger partial charge in [-0.3, -0.25) is 9.79 Å². The largest absolute Gasteiger partial charge is 0.507 e. The van der Waals surface area contributed by atoms with Crippen molar-refractivity contribution in [2.75, 3.05) is 0 Å². The van der Waals surface area contributed by atoms with Crippen molar-refractivity contribution in [2.24, 2.45) is 4.99 Å². The number of aromatic hydroxyl groups is 1. The van der Waals surface area contributed by atoms with E-state index in [9.17, 15) is 18.3 Å². The highest BCUT2D eigenvalue weighted by Gasteiger charge is 2.14. The number of carbonyl (C=O) groups excluding carboxylic acids is 1. The fourth-order valence-corrected chi connectivity index (χ4v) is 3.51. The van der Waals surface area contributed by atoms with Crippen LogP contribution in [0, 0.1) is 0 Å². The van der Waals surface area contributed by atoms with Crippen LogP contribution in [0.25, 0.3) is 10.8 Å². The van der Waals surface area contributed by atoms with Crippen molar-refractivity contribution in [1.29, 1.82) is 0 Å². The molecule has 1 amide bonds. The van der Waals surface area contributed by atoms with Gasteiger partial charge in [0.15, 0.2) is 0 Å². The summed E-state index contributed by atoms with van der Waals surface area (Å²) < 4.78 is 25.7.